The highest BCUT2D eigenvalue weighted by molar-refractivity contribution is 5.98. The summed E-state index contributed by atoms with van der Waals surface area (Å²) in [5.74, 6) is -3.48. The molecule has 1 aliphatic heterocycles. The molecule has 6 nitrogen and oxygen atoms in total. The topological polar surface area (TPSA) is 65.5 Å². The molecule has 33 heavy (non-hydrogen) atoms. The summed E-state index contributed by atoms with van der Waals surface area (Å²) in [7, 11) is 0. The fourth-order valence-corrected chi connectivity index (χ4v) is 3.54. The van der Waals surface area contributed by atoms with Crippen LogP contribution in [0.2, 0.25) is 0 Å². The summed E-state index contributed by atoms with van der Waals surface area (Å²) in [5, 5.41) is 2.43. The second-order valence-corrected chi connectivity index (χ2v) is 8.01. The molecule has 2 amide bonds. The number of hydrogen-bond acceptors (Lipinski definition) is 4. The molecule has 11 heteroatoms. The highest BCUT2D eigenvalue weighted by Gasteiger charge is 2.33. The van der Waals surface area contributed by atoms with Crippen molar-refractivity contribution in [2.24, 2.45) is 5.92 Å². The van der Waals surface area contributed by atoms with E-state index in [1.165, 1.54) is 11.0 Å². The molecule has 0 bridgehead atoms. The number of pyridine rings is 1. The molecule has 1 aliphatic rings. The SMILES string of the molecule is CC(C)C(NC(=O)c1c(F)cccc1F)C(=O)N1CCN(c2ccc(C(F)(F)F)cn2)CC1. The quantitative estimate of drug-likeness (QED) is 0.680. The van der Waals surface area contributed by atoms with Crippen molar-refractivity contribution in [1.29, 1.82) is 0 Å². The summed E-state index contributed by atoms with van der Waals surface area (Å²) in [5.41, 5.74) is -1.60. The minimum absolute atomic E-state index is 0.245. The lowest BCUT2D eigenvalue weighted by Crippen LogP contribution is -2.56. The van der Waals surface area contributed by atoms with E-state index in [-0.39, 0.29) is 19.0 Å². The normalized spacial score (nSPS) is 15.5. The van der Waals surface area contributed by atoms with Crippen LogP contribution in [0, 0.1) is 17.6 Å². The van der Waals surface area contributed by atoms with E-state index in [1.807, 2.05) is 0 Å². The fourth-order valence-electron chi connectivity index (χ4n) is 3.54. The van der Waals surface area contributed by atoms with Crippen molar-refractivity contribution in [3.05, 3.63) is 59.3 Å². The Hall–Kier alpha value is -3.24. The second kappa shape index (κ2) is 9.72. The van der Waals surface area contributed by atoms with Crippen LogP contribution in [-0.4, -0.2) is 53.9 Å². The zero-order valence-corrected chi connectivity index (χ0v) is 18.0. The molecule has 0 saturated carbocycles. The highest BCUT2D eigenvalue weighted by Crippen LogP contribution is 2.29. The van der Waals surface area contributed by atoms with Crippen LogP contribution >= 0.6 is 0 Å². The lowest BCUT2D eigenvalue weighted by atomic mass is 10.0. The Morgan fingerprint density at radius 3 is 2.09 bits per heavy atom. The van der Waals surface area contributed by atoms with Crippen LogP contribution in [-0.2, 0) is 11.0 Å². The van der Waals surface area contributed by atoms with Gasteiger partial charge in [0.1, 0.15) is 29.1 Å². The molecule has 1 aromatic heterocycles. The van der Waals surface area contributed by atoms with E-state index in [0.717, 1.165) is 30.5 Å². The first-order valence-electron chi connectivity index (χ1n) is 10.3. The number of carbonyl (C=O) groups is 2. The van der Waals surface area contributed by atoms with Crippen LogP contribution in [0.25, 0.3) is 0 Å². The number of amides is 2. The van der Waals surface area contributed by atoms with Crippen molar-refractivity contribution in [2.45, 2.75) is 26.1 Å². The van der Waals surface area contributed by atoms with Gasteiger partial charge in [0, 0.05) is 32.4 Å². The Bertz CT molecular complexity index is 983. The second-order valence-electron chi connectivity index (χ2n) is 8.01. The summed E-state index contributed by atoms with van der Waals surface area (Å²) < 4.78 is 66.0. The van der Waals surface area contributed by atoms with Gasteiger partial charge in [0.2, 0.25) is 5.91 Å². The smallest absolute Gasteiger partial charge is 0.353 e. The molecule has 1 N–H and O–H groups in total. The monoisotopic (exact) mass is 470 g/mol. The molecule has 1 aromatic carbocycles. The van der Waals surface area contributed by atoms with Gasteiger partial charge in [-0.3, -0.25) is 9.59 Å². The Morgan fingerprint density at radius 1 is 1.00 bits per heavy atom. The van der Waals surface area contributed by atoms with Crippen molar-refractivity contribution >= 4 is 17.6 Å². The van der Waals surface area contributed by atoms with Gasteiger partial charge in [-0.05, 0) is 30.2 Å². The fraction of sp³-hybridized carbons (Fsp3) is 0.409. The van der Waals surface area contributed by atoms with Crippen LogP contribution in [0.1, 0.15) is 29.8 Å². The zero-order chi connectivity index (χ0) is 24.3. The van der Waals surface area contributed by atoms with Gasteiger partial charge < -0.3 is 15.1 Å². The lowest BCUT2D eigenvalue weighted by Gasteiger charge is -2.37. The highest BCUT2D eigenvalue weighted by atomic mass is 19.4. The van der Waals surface area contributed by atoms with E-state index in [2.05, 4.69) is 10.3 Å². The van der Waals surface area contributed by atoms with Gasteiger partial charge in [0.15, 0.2) is 0 Å². The van der Waals surface area contributed by atoms with Gasteiger partial charge in [-0.2, -0.15) is 13.2 Å². The third-order valence-corrected chi connectivity index (χ3v) is 5.40. The number of rotatable bonds is 5. The summed E-state index contributed by atoms with van der Waals surface area (Å²) in [6, 6.07) is 4.27. The van der Waals surface area contributed by atoms with E-state index in [4.69, 9.17) is 0 Å². The largest absolute Gasteiger partial charge is 0.417 e. The number of anilines is 1. The molecule has 1 unspecified atom stereocenters. The number of alkyl halides is 3. The minimum atomic E-state index is -4.47. The molecule has 2 heterocycles. The van der Waals surface area contributed by atoms with Crippen molar-refractivity contribution in [3.8, 4) is 0 Å². The van der Waals surface area contributed by atoms with Crippen LogP contribution < -0.4 is 10.2 Å². The number of piperazine rings is 1. The van der Waals surface area contributed by atoms with Crippen LogP contribution in [0.3, 0.4) is 0 Å². The Kier molecular flexibility index (Phi) is 7.19. The van der Waals surface area contributed by atoms with Gasteiger partial charge in [0.25, 0.3) is 5.91 Å². The number of benzene rings is 1. The third-order valence-electron chi connectivity index (χ3n) is 5.40. The predicted molar refractivity (Wildman–Crippen MR) is 110 cm³/mol. The van der Waals surface area contributed by atoms with E-state index < -0.39 is 46.8 Å². The number of aromatic nitrogens is 1. The van der Waals surface area contributed by atoms with E-state index in [9.17, 15) is 31.5 Å². The molecular formula is C22H23F5N4O2. The average Bonchev–Trinajstić information content (AvgIpc) is 2.76. The van der Waals surface area contributed by atoms with Crippen molar-refractivity contribution in [3.63, 3.8) is 0 Å². The number of halogens is 5. The van der Waals surface area contributed by atoms with Crippen molar-refractivity contribution in [2.75, 3.05) is 31.1 Å². The number of carbonyl (C=O) groups excluding carboxylic acids is 2. The Morgan fingerprint density at radius 2 is 1.61 bits per heavy atom. The van der Waals surface area contributed by atoms with Crippen molar-refractivity contribution in [1.82, 2.24) is 15.2 Å². The molecule has 0 aliphatic carbocycles. The molecular weight excluding hydrogens is 447 g/mol. The zero-order valence-electron chi connectivity index (χ0n) is 18.0. The lowest BCUT2D eigenvalue weighted by molar-refractivity contribution is -0.138. The standard InChI is InChI=1S/C22H23F5N4O2/c1-13(2)19(29-20(32)18-15(23)4-3-5-16(18)24)21(33)31-10-8-30(9-11-31)17-7-6-14(12-28-17)22(25,26)27/h3-7,12-13,19H,8-11H2,1-2H3,(H,29,32). The first-order chi connectivity index (χ1) is 15.5. The van der Waals surface area contributed by atoms with Crippen LogP contribution in [0.4, 0.5) is 27.8 Å². The third kappa shape index (κ3) is 5.58. The number of nitrogens with one attached hydrogen (secondary N) is 1. The minimum Gasteiger partial charge on any atom is -0.353 e. The molecule has 1 saturated heterocycles. The molecule has 0 radical (unpaired) electrons. The molecule has 1 fully saturated rings. The van der Waals surface area contributed by atoms with Crippen LogP contribution in [0.5, 0.6) is 0 Å². The molecule has 1 atom stereocenters. The van der Waals surface area contributed by atoms with Gasteiger partial charge >= 0.3 is 6.18 Å². The summed E-state index contributed by atoms with van der Waals surface area (Å²) in [4.78, 5) is 32.6. The summed E-state index contributed by atoms with van der Waals surface area (Å²) in [6.45, 7) is 4.53. The van der Waals surface area contributed by atoms with Crippen molar-refractivity contribution < 1.29 is 31.5 Å². The predicted octanol–water partition coefficient (Wildman–Crippen LogP) is 3.48. The molecule has 3 rings (SSSR count). The average molecular weight is 470 g/mol. The number of nitrogens with zero attached hydrogens (tertiary/aromatic N) is 3. The van der Waals surface area contributed by atoms with Gasteiger partial charge in [-0.1, -0.05) is 19.9 Å². The first-order valence-corrected chi connectivity index (χ1v) is 10.3. The molecule has 2 aromatic rings. The maximum Gasteiger partial charge on any atom is 0.417 e. The maximum absolute atomic E-state index is 13.9. The molecule has 0 spiro atoms. The van der Waals surface area contributed by atoms with Gasteiger partial charge in [0.05, 0.1) is 5.56 Å². The number of hydrogen-bond donors (Lipinski definition) is 1. The molecule has 178 valence electrons. The Balaban J connectivity index is 1.64. The summed E-state index contributed by atoms with van der Waals surface area (Å²) >= 11 is 0. The van der Waals surface area contributed by atoms with E-state index in [1.54, 1.807) is 18.7 Å². The van der Waals surface area contributed by atoms with E-state index in [0.29, 0.717) is 18.9 Å². The first kappa shape index (κ1) is 24.4. The summed E-state index contributed by atoms with van der Waals surface area (Å²) in [6.07, 6.45) is -3.71. The Labute approximate surface area is 187 Å². The van der Waals surface area contributed by atoms with E-state index >= 15 is 0 Å². The van der Waals surface area contributed by atoms with Gasteiger partial charge in [-0.15, -0.1) is 0 Å². The maximum atomic E-state index is 13.9. The van der Waals surface area contributed by atoms with Gasteiger partial charge in [-0.25, -0.2) is 13.8 Å². The van der Waals surface area contributed by atoms with Crippen LogP contribution in [0.15, 0.2) is 36.5 Å².